The Balaban J connectivity index is 1.73. The topological polar surface area (TPSA) is 70.3 Å². The van der Waals surface area contributed by atoms with Crippen LogP contribution in [0, 0.1) is 0 Å². The molecule has 1 atom stereocenters. The molecule has 3 N–H and O–H groups in total. The maximum absolute atomic E-state index is 5.38. The third-order valence-corrected chi connectivity index (χ3v) is 4.53. The Morgan fingerprint density at radius 3 is 2.84 bits per heavy atom. The van der Waals surface area contributed by atoms with E-state index in [1.807, 2.05) is 0 Å². The molecule has 2 fully saturated rings. The van der Waals surface area contributed by atoms with Crippen LogP contribution in [0.1, 0.15) is 19.3 Å². The zero-order valence-corrected chi connectivity index (χ0v) is 12.4. The van der Waals surface area contributed by atoms with Gasteiger partial charge < -0.3 is 4.90 Å². The van der Waals surface area contributed by atoms with E-state index in [9.17, 15) is 0 Å². The van der Waals surface area contributed by atoms with Gasteiger partial charge in [-0.3, -0.25) is 10.3 Å². The van der Waals surface area contributed by atoms with Crippen molar-refractivity contribution in [3.05, 3.63) is 10.7 Å². The van der Waals surface area contributed by atoms with Crippen LogP contribution < -0.4 is 16.2 Å². The van der Waals surface area contributed by atoms with Crippen LogP contribution in [0.4, 0.5) is 11.8 Å². The monoisotopic (exact) mass is 326 g/mol. The summed E-state index contributed by atoms with van der Waals surface area (Å²) in [6, 6.07) is 0.665. The van der Waals surface area contributed by atoms with E-state index in [4.69, 9.17) is 5.84 Å². The predicted octanol–water partition coefficient (Wildman–Crippen LogP) is 1.20. The lowest BCUT2D eigenvalue weighted by Crippen LogP contribution is -2.35. The molecule has 3 rings (SSSR count). The summed E-state index contributed by atoms with van der Waals surface area (Å²) in [7, 11) is 0. The average Bonchev–Trinajstić information content (AvgIpc) is 3.10. The molecule has 7 heteroatoms. The zero-order chi connectivity index (χ0) is 13.2. The number of rotatable bonds is 3. The van der Waals surface area contributed by atoms with Gasteiger partial charge in [-0.15, -0.1) is 0 Å². The number of nitrogens with two attached hydrogens (primary N) is 1. The highest BCUT2D eigenvalue weighted by molar-refractivity contribution is 9.10. The normalized spacial score (nSPS) is 24.1. The minimum absolute atomic E-state index is 0.461. The lowest BCUT2D eigenvalue weighted by molar-refractivity contribution is 0.260. The van der Waals surface area contributed by atoms with Crippen molar-refractivity contribution in [3.63, 3.8) is 0 Å². The van der Waals surface area contributed by atoms with Gasteiger partial charge in [0, 0.05) is 25.3 Å². The molecule has 0 amide bonds. The zero-order valence-electron chi connectivity index (χ0n) is 10.8. The van der Waals surface area contributed by atoms with Crippen molar-refractivity contribution in [3.8, 4) is 0 Å². The number of hydrazine groups is 1. The standard InChI is InChI=1S/C12H19BrN6/c13-10-7-15-12(17-14)16-11(10)19-6-3-9(8-19)18-4-1-2-5-18/h7,9H,1-6,8,14H2,(H,15,16,17). The van der Waals surface area contributed by atoms with Crippen LogP contribution in [-0.2, 0) is 0 Å². The van der Waals surface area contributed by atoms with Crippen LogP contribution in [0.2, 0.25) is 0 Å². The highest BCUT2D eigenvalue weighted by Crippen LogP contribution is 2.29. The van der Waals surface area contributed by atoms with E-state index in [1.165, 1.54) is 32.4 Å². The quantitative estimate of drug-likeness (QED) is 0.642. The van der Waals surface area contributed by atoms with Gasteiger partial charge in [0.25, 0.3) is 0 Å². The van der Waals surface area contributed by atoms with Crippen molar-refractivity contribution in [2.24, 2.45) is 5.84 Å². The molecule has 1 aromatic rings. The number of anilines is 2. The molecule has 2 saturated heterocycles. The third kappa shape index (κ3) is 2.68. The molecule has 2 aliphatic heterocycles. The Hall–Kier alpha value is -0.920. The Morgan fingerprint density at radius 2 is 2.11 bits per heavy atom. The van der Waals surface area contributed by atoms with Crippen LogP contribution >= 0.6 is 15.9 Å². The largest absolute Gasteiger partial charge is 0.354 e. The van der Waals surface area contributed by atoms with Crippen LogP contribution in [0.5, 0.6) is 0 Å². The molecule has 0 aliphatic carbocycles. The lowest BCUT2D eigenvalue weighted by atomic mass is 10.2. The summed E-state index contributed by atoms with van der Waals surface area (Å²) in [5.41, 5.74) is 2.50. The van der Waals surface area contributed by atoms with Crippen molar-refractivity contribution >= 4 is 27.7 Å². The van der Waals surface area contributed by atoms with Gasteiger partial charge in [-0.2, -0.15) is 4.98 Å². The molecule has 0 bridgehead atoms. The molecule has 3 heterocycles. The first kappa shape index (κ1) is 13.1. The van der Waals surface area contributed by atoms with Gasteiger partial charge in [0.05, 0.1) is 4.47 Å². The maximum Gasteiger partial charge on any atom is 0.239 e. The van der Waals surface area contributed by atoms with E-state index in [-0.39, 0.29) is 0 Å². The average molecular weight is 327 g/mol. The molecular formula is C12H19BrN6. The number of hydrogen-bond acceptors (Lipinski definition) is 6. The Kier molecular flexibility index (Phi) is 3.86. The van der Waals surface area contributed by atoms with Crippen molar-refractivity contribution in [1.82, 2.24) is 14.9 Å². The highest BCUT2D eigenvalue weighted by Gasteiger charge is 2.30. The molecule has 0 saturated carbocycles. The molecule has 1 aromatic heterocycles. The van der Waals surface area contributed by atoms with Gasteiger partial charge in [0.15, 0.2) is 0 Å². The summed E-state index contributed by atoms with van der Waals surface area (Å²) in [6.07, 6.45) is 5.65. The summed E-state index contributed by atoms with van der Waals surface area (Å²) < 4.78 is 0.925. The van der Waals surface area contributed by atoms with Gasteiger partial charge in [0.1, 0.15) is 5.82 Å². The van der Waals surface area contributed by atoms with Gasteiger partial charge in [-0.05, 0) is 48.3 Å². The predicted molar refractivity (Wildman–Crippen MR) is 79.0 cm³/mol. The van der Waals surface area contributed by atoms with E-state index in [0.29, 0.717) is 12.0 Å². The molecular weight excluding hydrogens is 308 g/mol. The van der Waals surface area contributed by atoms with Crippen LogP contribution in [-0.4, -0.2) is 47.1 Å². The first-order valence-electron chi connectivity index (χ1n) is 6.76. The summed E-state index contributed by atoms with van der Waals surface area (Å²) in [4.78, 5) is 13.5. The van der Waals surface area contributed by atoms with Crippen LogP contribution in [0.15, 0.2) is 10.7 Å². The number of hydrogen-bond donors (Lipinski definition) is 2. The SMILES string of the molecule is NNc1ncc(Br)c(N2CCC(N3CCCC3)C2)n1. The summed E-state index contributed by atoms with van der Waals surface area (Å²) in [5, 5.41) is 0. The van der Waals surface area contributed by atoms with E-state index < -0.39 is 0 Å². The minimum atomic E-state index is 0.461. The van der Waals surface area contributed by atoms with E-state index in [1.54, 1.807) is 6.20 Å². The maximum atomic E-state index is 5.38. The molecule has 0 radical (unpaired) electrons. The number of nitrogen functional groups attached to an aromatic ring is 1. The Labute approximate surface area is 121 Å². The Bertz CT molecular complexity index is 448. The second-order valence-electron chi connectivity index (χ2n) is 5.14. The molecule has 104 valence electrons. The van der Waals surface area contributed by atoms with Crippen LogP contribution in [0.25, 0.3) is 0 Å². The van der Waals surface area contributed by atoms with Gasteiger partial charge in [0.2, 0.25) is 5.95 Å². The van der Waals surface area contributed by atoms with Gasteiger partial charge in [-0.1, -0.05) is 0 Å². The minimum Gasteiger partial charge on any atom is -0.354 e. The molecule has 6 nitrogen and oxygen atoms in total. The smallest absolute Gasteiger partial charge is 0.239 e. The summed E-state index contributed by atoms with van der Waals surface area (Å²) in [6.45, 7) is 4.58. The number of aromatic nitrogens is 2. The molecule has 19 heavy (non-hydrogen) atoms. The number of nitrogens with one attached hydrogen (secondary N) is 1. The van der Waals surface area contributed by atoms with Crippen molar-refractivity contribution in [1.29, 1.82) is 0 Å². The molecule has 0 spiro atoms. The molecule has 2 aliphatic rings. The van der Waals surface area contributed by atoms with E-state index in [0.717, 1.165) is 23.4 Å². The highest BCUT2D eigenvalue weighted by atomic mass is 79.9. The fraction of sp³-hybridized carbons (Fsp3) is 0.667. The van der Waals surface area contributed by atoms with Crippen LogP contribution in [0.3, 0.4) is 0 Å². The molecule has 1 unspecified atom stereocenters. The second kappa shape index (κ2) is 5.60. The lowest BCUT2D eigenvalue weighted by Gasteiger charge is -2.24. The fourth-order valence-corrected chi connectivity index (χ4v) is 3.43. The first-order valence-corrected chi connectivity index (χ1v) is 7.55. The van der Waals surface area contributed by atoms with E-state index >= 15 is 0 Å². The summed E-state index contributed by atoms with van der Waals surface area (Å²) in [5.74, 6) is 6.77. The van der Waals surface area contributed by atoms with Gasteiger partial charge >= 0.3 is 0 Å². The first-order chi connectivity index (χ1) is 9.28. The van der Waals surface area contributed by atoms with Crippen molar-refractivity contribution < 1.29 is 0 Å². The number of likely N-dealkylation sites (tertiary alicyclic amines) is 1. The number of halogens is 1. The fourth-order valence-electron chi connectivity index (χ4n) is 2.99. The third-order valence-electron chi connectivity index (χ3n) is 3.97. The van der Waals surface area contributed by atoms with Crippen molar-refractivity contribution in [2.75, 3.05) is 36.5 Å². The second-order valence-corrected chi connectivity index (χ2v) is 6.00. The van der Waals surface area contributed by atoms with E-state index in [2.05, 4.69) is 41.1 Å². The summed E-state index contributed by atoms with van der Waals surface area (Å²) >= 11 is 3.52. The van der Waals surface area contributed by atoms with Crippen molar-refractivity contribution in [2.45, 2.75) is 25.3 Å². The molecule has 0 aromatic carbocycles. The van der Waals surface area contributed by atoms with Gasteiger partial charge in [-0.25, -0.2) is 10.8 Å². The Morgan fingerprint density at radius 1 is 1.32 bits per heavy atom. The number of nitrogens with zero attached hydrogens (tertiary/aromatic N) is 4.